The van der Waals surface area contributed by atoms with Crippen LogP contribution in [-0.4, -0.2) is 9.78 Å². The Morgan fingerprint density at radius 2 is 1.77 bits per heavy atom. The fraction of sp³-hybridized carbons (Fsp3) is 0.111. The predicted molar refractivity (Wildman–Crippen MR) is 92.7 cm³/mol. The Morgan fingerprint density at radius 1 is 1.05 bits per heavy atom. The van der Waals surface area contributed by atoms with E-state index < -0.39 is 0 Å². The van der Waals surface area contributed by atoms with Crippen molar-refractivity contribution in [2.45, 2.75) is 13.5 Å². The van der Waals surface area contributed by atoms with Gasteiger partial charge in [0.25, 0.3) is 0 Å². The van der Waals surface area contributed by atoms with Crippen molar-refractivity contribution in [1.82, 2.24) is 9.78 Å². The van der Waals surface area contributed by atoms with E-state index in [1.807, 2.05) is 67.7 Å². The zero-order chi connectivity index (χ0) is 15.5. The van der Waals surface area contributed by atoms with E-state index in [9.17, 15) is 4.79 Å². The Bertz CT molecular complexity index is 856. The summed E-state index contributed by atoms with van der Waals surface area (Å²) in [7, 11) is 0. The van der Waals surface area contributed by atoms with Crippen molar-refractivity contribution in [3.8, 4) is 22.4 Å². The zero-order valence-corrected chi connectivity index (χ0v) is 13.7. The van der Waals surface area contributed by atoms with E-state index in [4.69, 9.17) is 0 Å². The monoisotopic (exact) mass is 354 g/mol. The summed E-state index contributed by atoms with van der Waals surface area (Å²) in [6.45, 7) is 2.72. The van der Waals surface area contributed by atoms with Crippen LogP contribution in [-0.2, 0) is 6.54 Å². The Balaban J connectivity index is 2.26. The number of benzene rings is 2. The molecule has 0 aliphatic carbocycles. The van der Waals surface area contributed by atoms with Crippen LogP contribution < -0.4 is 5.43 Å². The third kappa shape index (κ3) is 2.88. The van der Waals surface area contributed by atoms with Gasteiger partial charge in [-0.3, -0.25) is 9.48 Å². The van der Waals surface area contributed by atoms with E-state index in [0.29, 0.717) is 17.8 Å². The third-order valence-corrected chi connectivity index (χ3v) is 3.97. The molecule has 0 aliphatic heterocycles. The highest BCUT2D eigenvalue weighted by Crippen LogP contribution is 2.22. The molecule has 3 aromatic rings. The summed E-state index contributed by atoms with van der Waals surface area (Å²) in [5.41, 5.74) is 2.83. The van der Waals surface area contributed by atoms with Crippen LogP contribution in [0, 0.1) is 0 Å². The van der Waals surface area contributed by atoms with Crippen molar-refractivity contribution in [3.63, 3.8) is 0 Å². The second-order valence-corrected chi connectivity index (χ2v) is 5.87. The minimum absolute atomic E-state index is 0.0472. The molecule has 0 spiro atoms. The van der Waals surface area contributed by atoms with Gasteiger partial charge in [-0.2, -0.15) is 5.10 Å². The molecular formula is C18H15BrN2O. The molecular weight excluding hydrogens is 340 g/mol. The molecule has 0 unspecified atom stereocenters. The van der Waals surface area contributed by atoms with Crippen molar-refractivity contribution in [2.24, 2.45) is 0 Å². The Hall–Kier alpha value is -2.20. The molecule has 22 heavy (non-hydrogen) atoms. The van der Waals surface area contributed by atoms with Gasteiger partial charge in [0, 0.05) is 28.3 Å². The van der Waals surface area contributed by atoms with Crippen LogP contribution in [0.4, 0.5) is 0 Å². The highest BCUT2D eigenvalue weighted by molar-refractivity contribution is 9.10. The highest BCUT2D eigenvalue weighted by atomic mass is 79.9. The molecule has 4 heteroatoms. The molecule has 0 amide bonds. The number of aryl methyl sites for hydroxylation is 1. The maximum absolute atomic E-state index is 12.9. The first-order valence-electron chi connectivity index (χ1n) is 7.12. The van der Waals surface area contributed by atoms with Gasteiger partial charge in [0.15, 0.2) is 0 Å². The lowest BCUT2D eigenvalue weighted by atomic mass is 10.0. The number of halogens is 1. The van der Waals surface area contributed by atoms with Gasteiger partial charge in [-0.1, -0.05) is 58.4 Å². The van der Waals surface area contributed by atoms with Gasteiger partial charge in [-0.05, 0) is 24.6 Å². The van der Waals surface area contributed by atoms with Gasteiger partial charge in [0.05, 0.1) is 0 Å². The molecule has 0 aliphatic rings. The third-order valence-electron chi connectivity index (χ3n) is 3.47. The topological polar surface area (TPSA) is 34.9 Å². The van der Waals surface area contributed by atoms with Crippen molar-refractivity contribution in [2.75, 3.05) is 0 Å². The molecule has 3 nitrogen and oxygen atoms in total. The fourth-order valence-corrected chi connectivity index (χ4v) is 2.75. The van der Waals surface area contributed by atoms with Gasteiger partial charge < -0.3 is 0 Å². The SMILES string of the molecule is CCn1cc(-c2cccc(Br)c2)c(=O)c(-c2ccccc2)n1. The number of hydrogen-bond donors (Lipinski definition) is 0. The molecule has 0 saturated carbocycles. The molecule has 0 atom stereocenters. The first kappa shape index (κ1) is 14.7. The van der Waals surface area contributed by atoms with Crippen LogP contribution in [0.3, 0.4) is 0 Å². The molecule has 1 heterocycles. The van der Waals surface area contributed by atoms with Crippen molar-refractivity contribution >= 4 is 15.9 Å². The molecule has 0 N–H and O–H groups in total. The second-order valence-electron chi connectivity index (χ2n) is 4.95. The largest absolute Gasteiger partial charge is 0.287 e. The standard InChI is InChI=1S/C18H15BrN2O/c1-2-21-12-16(14-9-6-10-15(19)11-14)18(22)17(20-21)13-7-4-3-5-8-13/h3-12H,2H2,1H3. The summed E-state index contributed by atoms with van der Waals surface area (Å²) < 4.78 is 2.76. The maximum Gasteiger partial charge on any atom is 0.215 e. The number of rotatable bonds is 3. The number of nitrogens with zero attached hydrogens (tertiary/aromatic N) is 2. The average molecular weight is 355 g/mol. The quantitative estimate of drug-likeness (QED) is 0.700. The summed E-state index contributed by atoms with van der Waals surface area (Å²) in [6.07, 6.45) is 1.82. The Morgan fingerprint density at radius 3 is 2.45 bits per heavy atom. The minimum Gasteiger partial charge on any atom is -0.287 e. The number of hydrogen-bond acceptors (Lipinski definition) is 2. The van der Waals surface area contributed by atoms with Crippen LogP contribution >= 0.6 is 15.9 Å². The molecule has 3 rings (SSSR count). The van der Waals surface area contributed by atoms with E-state index in [2.05, 4.69) is 21.0 Å². The molecule has 110 valence electrons. The lowest BCUT2D eigenvalue weighted by molar-refractivity contribution is 0.642. The van der Waals surface area contributed by atoms with Crippen LogP contribution in [0.5, 0.6) is 0 Å². The van der Waals surface area contributed by atoms with Crippen molar-refractivity contribution in [3.05, 3.63) is 75.5 Å². The molecule has 0 fully saturated rings. The van der Waals surface area contributed by atoms with Gasteiger partial charge >= 0.3 is 0 Å². The van der Waals surface area contributed by atoms with Crippen LogP contribution in [0.15, 0.2) is 70.1 Å². The molecule has 2 aromatic carbocycles. The summed E-state index contributed by atoms with van der Waals surface area (Å²) in [6, 6.07) is 17.3. The second kappa shape index (κ2) is 6.28. The summed E-state index contributed by atoms with van der Waals surface area (Å²) in [4.78, 5) is 12.9. The highest BCUT2D eigenvalue weighted by Gasteiger charge is 2.12. The molecule has 0 bridgehead atoms. The lowest BCUT2D eigenvalue weighted by Gasteiger charge is -2.10. The first-order valence-corrected chi connectivity index (χ1v) is 7.91. The summed E-state index contributed by atoms with van der Waals surface area (Å²) in [5, 5.41) is 4.46. The summed E-state index contributed by atoms with van der Waals surface area (Å²) >= 11 is 3.46. The van der Waals surface area contributed by atoms with Crippen LogP contribution in [0.25, 0.3) is 22.4 Å². The zero-order valence-electron chi connectivity index (χ0n) is 12.2. The molecule has 0 saturated heterocycles. The Labute approximate surface area is 137 Å². The summed E-state index contributed by atoms with van der Waals surface area (Å²) in [5.74, 6) is 0. The van der Waals surface area contributed by atoms with Gasteiger partial charge in [0.2, 0.25) is 5.43 Å². The minimum atomic E-state index is -0.0472. The van der Waals surface area contributed by atoms with Crippen molar-refractivity contribution < 1.29 is 0 Å². The average Bonchev–Trinajstić information content (AvgIpc) is 2.56. The van der Waals surface area contributed by atoms with Gasteiger partial charge in [-0.25, -0.2) is 0 Å². The number of aromatic nitrogens is 2. The first-order chi connectivity index (χ1) is 10.7. The van der Waals surface area contributed by atoms with Crippen molar-refractivity contribution in [1.29, 1.82) is 0 Å². The van der Waals surface area contributed by atoms with Crippen LogP contribution in [0.2, 0.25) is 0 Å². The van der Waals surface area contributed by atoms with E-state index >= 15 is 0 Å². The maximum atomic E-state index is 12.9. The Kier molecular flexibility index (Phi) is 4.20. The molecule has 0 radical (unpaired) electrons. The predicted octanol–water partition coefficient (Wildman–Crippen LogP) is 4.36. The lowest BCUT2D eigenvalue weighted by Crippen LogP contribution is -2.16. The van der Waals surface area contributed by atoms with Gasteiger partial charge in [-0.15, -0.1) is 0 Å². The van der Waals surface area contributed by atoms with E-state index in [-0.39, 0.29) is 5.43 Å². The normalized spacial score (nSPS) is 10.6. The smallest absolute Gasteiger partial charge is 0.215 e. The van der Waals surface area contributed by atoms with E-state index in [1.54, 1.807) is 4.68 Å². The molecule has 1 aromatic heterocycles. The van der Waals surface area contributed by atoms with Gasteiger partial charge in [0.1, 0.15) is 5.69 Å². The van der Waals surface area contributed by atoms with E-state index in [1.165, 1.54) is 0 Å². The van der Waals surface area contributed by atoms with E-state index in [0.717, 1.165) is 15.6 Å². The fourth-order valence-electron chi connectivity index (χ4n) is 2.35. The van der Waals surface area contributed by atoms with Crippen LogP contribution in [0.1, 0.15) is 6.92 Å².